The van der Waals surface area contributed by atoms with Gasteiger partial charge >= 0.3 is 5.69 Å². The summed E-state index contributed by atoms with van der Waals surface area (Å²) >= 11 is 0. The Morgan fingerprint density at radius 3 is 2.58 bits per heavy atom. The SMILES string of the molecule is Cc1cn(C)c(=O)nc1N(C)C. The van der Waals surface area contributed by atoms with Crippen LogP contribution in [0.3, 0.4) is 0 Å². The van der Waals surface area contributed by atoms with Crippen molar-refractivity contribution in [2.24, 2.45) is 7.05 Å². The average Bonchev–Trinajstić information content (AvgIpc) is 1.96. The molecule has 1 aromatic heterocycles. The largest absolute Gasteiger partial charge is 0.362 e. The summed E-state index contributed by atoms with van der Waals surface area (Å²) in [6.07, 6.45) is 1.78. The number of hydrogen-bond donors (Lipinski definition) is 0. The lowest BCUT2D eigenvalue weighted by atomic mass is 10.3. The highest BCUT2D eigenvalue weighted by Crippen LogP contribution is 2.09. The highest BCUT2D eigenvalue weighted by molar-refractivity contribution is 5.42. The van der Waals surface area contributed by atoms with Gasteiger partial charge in [0.15, 0.2) is 0 Å². The van der Waals surface area contributed by atoms with Crippen molar-refractivity contribution in [1.82, 2.24) is 9.55 Å². The Morgan fingerprint density at radius 1 is 1.50 bits per heavy atom. The molecule has 4 heteroatoms. The van der Waals surface area contributed by atoms with Gasteiger partial charge in [-0.05, 0) is 6.92 Å². The minimum atomic E-state index is -0.218. The molecule has 0 amide bonds. The first kappa shape index (κ1) is 8.77. The zero-order valence-corrected chi connectivity index (χ0v) is 7.83. The quantitative estimate of drug-likeness (QED) is 0.597. The van der Waals surface area contributed by atoms with Crippen LogP contribution in [0.4, 0.5) is 5.82 Å². The molecule has 0 aliphatic heterocycles. The molecule has 0 spiro atoms. The van der Waals surface area contributed by atoms with Crippen molar-refractivity contribution in [1.29, 1.82) is 0 Å². The average molecular weight is 167 g/mol. The third-order valence-corrected chi connectivity index (χ3v) is 1.67. The van der Waals surface area contributed by atoms with Gasteiger partial charge in [0.2, 0.25) is 0 Å². The summed E-state index contributed by atoms with van der Waals surface area (Å²) in [6.45, 7) is 1.93. The van der Waals surface area contributed by atoms with E-state index in [1.165, 1.54) is 4.57 Å². The zero-order valence-electron chi connectivity index (χ0n) is 7.83. The minimum absolute atomic E-state index is 0.218. The van der Waals surface area contributed by atoms with Crippen LogP contribution < -0.4 is 10.6 Å². The van der Waals surface area contributed by atoms with Crippen LogP contribution in [0, 0.1) is 6.92 Å². The number of hydrogen-bond acceptors (Lipinski definition) is 3. The Balaban J connectivity index is 3.33. The fourth-order valence-corrected chi connectivity index (χ4v) is 1.11. The summed E-state index contributed by atoms with van der Waals surface area (Å²) in [6, 6.07) is 0. The van der Waals surface area contributed by atoms with Crippen LogP contribution in [-0.2, 0) is 7.05 Å². The molecule has 0 saturated heterocycles. The molecule has 0 unspecified atom stereocenters. The molecule has 66 valence electrons. The van der Waals surface area contributed by atoms with Gasteiger partial charge in [0.1, 0.15) is 5.82 Å². The Hall–Kier alpha value is -1.32. The number of aryl methyl sites for hydroxylation is 2. The van der Waals surface area contributed by atoms with Gasteiger partial charge in [-0.25, -0.2) is 4.79 Å². The van der Waals surface area contributed by atoms with Crippen LogP contribution in [-0.4, -0.2) is 23.6 Å². The highest BCUT2D eigenvalue weighted by atomic mass is 16.1. The fraction of sp³-hybridized carbons (Fsp3) is 0.500. The molecule has 0 aliphatic carbocycles. The van der Waals surface area contributed by atoms with E-state index in [0.29, 0.717) is 0 Å². The summed E-state index contributed by atoms with van der Waals surface area (Å²) in [5.41, 5.74) is 0.784. The van der Waals surface area contributed by atoms with Crippen molar-refractivity contribution < 1.29 is 0 Å². The lowest BCUT2D eigenvalue weighted by molar-refractivity contribution is 0.794. The summed E-state index contributed by atoms with van der Waals surface area (Å²) < 4.78 is 1.47. The van der Waals surface area contributed by atoms with Crippen LogP contribution in [0.2, 0.25) is 0 Å². The van der Waals surface area contributed by atoms with Gasteiger partial charge in [-0.3, -0.25) is 0 Å². The van der Waals surface area contributed by atoms with Crippen molar-refractivity contribution in [2.45, 2.75) is 6.92 Å². The van der Waals surface area contributed by atoms with E-state index in [1.54, 1.807) is 13.2 Å². The lowest BCUT2D eigenvalue weighted by Crippen LogP contribution is -2.24. The molecule has 12 heavy (non-hydrogen) atoms. The van der Waals surface area contributed by atoms with E-state index in [4.69, 9.17) is 0 Å². The molecule has 0 N–H and O–H groups in total. The number of nitrogens with zero attached hydrogens (tertiary/aromatic N) is 3. The Kier molecular flexibility index (Phi) is 2.17. The van der Waals surface area contributed by atoms with Crippen LogP contribution in [0.5, 0.6) is 0 Å². The third kappa shape index (κ3) is 1.47. The molecule has 0 aromatic carbocycles. The van der Waals surface area contributed by atoms with Crippen LogP contribution in [0.25, 0.3) is 0 Å². The molecule has 1 aromatic rings. The predicted molar refractivity (Wildman–Crippen MR) is 48.5 cm³/mol. The normalized spacial score (nSPS) is 10.0. The maximum Gasteiger partial charge on any atom is 0.349 e. The molecule has 0 radical (unpaired) electrons. The molecule has 0 aliphatic rings. The lowest BCUT2D eigenvalue weighted by Gasteiger charge is -2.13. The van der Waals surface area contributed by atoms with Gasteiger partial charge < -0.3 is 9.47 Å². The second-order valence-electron chi connectivity index (χ2n) is 3.04. The molecular weight excluding hydrogens is 154 g/mol. The van der Waals surface area contributed by atoms with Gasteiger partial charge in [0.25, 0.3) is 0 Å². The topological polar surface area (TPSA) is 38.1 Å². The van der Waals surface area contributed by atoms with E-state index < -0.39 is 0 Å². The van der Waals surface area contributed by atoms with E-state index in [1.807, 2.05) is 25.9 Å². The van der Waals surface area contributed by atoms with Crippen molar-refractivity contribution in [3.05, 3.63) is 22.2 Å². The van der Waals surface area contributed by atoms with Crippen LogP contribution in [0.1, 0.15) is 5.56 Å². The molecule has 0 bridgehead atoms. The van der Waals surface area contributed by atoms with Gasteiger partial charge in [-0.2, -0.15) is 4.98 Å². The predicted octanol–water partition coefficient (Wildman–Crippen LogP) is 0.155. The first-order valence-corrected chi connectivity index (χ1v) is 3.74. The minimum Gasteiger partial charge on any atom is -0.362 e. The summed E-state index contributed by atoms with van der Waals surface area (Å²) in [7, 11) is 5.44. The first-order chi connectivity index (χ1) is 5.52. The molecule has 1 heterocycles. The molecule has 4 nitrogen and oxygen atoms in total. The summed E-state index contributed by atoms with van der Waals surface area (Å²) in [5.74, 6) is 0.734. The maximum absolute atomic E-state index is 11.1. The third-order valence-electron chi connectivity index (χ3n) is 1.67. The van der Waals surface area contributed by atoms with Gasteiger partial charge in [0, 0.05) is 32.9 Å². The van der Waals surface area contributed by atoms with Crippen LogP contribution in [0.15, 0.2) is 11.0 Å². The number of anilines is 1. The summed E-state index contributed by atoms with van der Waals surface area (Å²) in [5, 5.41) is 0. The molecule has 1 rings (SSSR count). The monoisotopic (exact) mass is 167 g/mol. The van der Waals surface area contributed by atoms with E-state index in [0.717, 1.165) is 11.4 Å². The number of rotatable bonds is 1. The smallest absolute Gasteiger partial charge is 0.349 e. The van der Waals surface area contributed by atoms with Crippen LogP contribution >= 0.6 is 0 Å². The van der Waals surface area contributed by atoms with Crippen molar-refractivity contribution >= 4 is 5.82 Å². The van der Waals surface area contributed by atoms with E-state index in [2.05, 4.69) is 4.98 Å². The zero-order chi connectivity index (χ0) is 9.30. The summed E-state index contributed by atoms with van der Waals surface area (Å²) in [4.78, 5) is 16.9. The van der Waals surface area contributed by atoms with E-state index in [-0.39, 0.29) is 5.69 Å². The molecule has 0 atom stereocenters. The maximum atomic E-state index is 11.1. The van der Waals surface area contributed by atoms with Gasteiger partial charge in [-0.15, -0.1) is 0 Å². The van der Waals surface area contributed by atoms with Gasteiger partial charge in [-0.1, -0.05) is 0 Å². The molecule has 0 saturated carbocycles. The number of aromatic nitrogens is 2. The molecule has 0 fully saturated rings. The first-order valence-electron chi connectivity index (χ1n) is 3.74. The highest BCUT2D eigenvalue weighted by Gasteiger charge is 2.03. The van der Waals surface area contributed by atoms with E-state index in [9.17, 15) is 4.79 Å². The van der Waals surface area contributed by atoms with Crippen molar-refractivity contribution in [3.63, 3.8) is 0 Å². The second-order valence-corrected chi connectivity index (χ2v) is 3.04. The van der Waals surface area contributed by atoms with Crippen molar-refractivity contribution in [3.8, 4) is 0 Å². The Bertz CT molecular complexity index is 341. The second kappa shape index (κ2) is 2.97. The Labute approximate surface area is 71.5 Å². The van der Waals surface area contributed by atoms with Crippen molar-refractivity contribution in [2.75, 3.05) is 19.0 Å². The van der Waals surface area contributed by atoms with E-state index >= 15 is 0 Å². The molecular formula is C8H13N3O. The fourth-order valence-electron chi connectivity index (χ4n) is 1.11. The van der Waals surface area contributed by atoms with Gasteiger partial charge in [0.05, 0.1) is 0 Å². The Morgan fingerprint density at radius 2 is 2.08 bits per heavy atom. The standard InChI is InChI=1S/C8H13N3O/c1-6-5-11(4)8(12)9-7(6)10(2)3/h5H,1-4H3.